The van der Waals surface area contributed by atoms with Crippen LogP contribution in [0.4, 0.5) is 0 Å². The van der Waals surface area contributed by atoms with E-state index >= 15 is 0 Å². The van der Waals surface area contributed by atoms with Crippen LogP contribution in [0.1, 0.15) is 5.56 Å². The summed E-state index contributed by atoms with van der Waals surface area (Å²) in [6, 6.07) is 18.3. The van der Waals surface area contributed by atoms with Gasteiger partial charge in [-0.1, -0.05) is 36.4 Å². The third-order valence-electron chi connectivity index (χ3n) is 3.33. The summed E-state index contributed by atoms with van der Waals surface area (Å²) in [5.74, 6) is 1.62. The molecular weight excluding hydrogens is 264 g/mol. The van der Waals surface area contributed by atoms with Gasteiger partial charge in [-0.05, 0) is 29.8 Å². The standard InChI is InChI=1S/C18H14O3/c19-12-11-13-7-9-14(10-8-13)21-18-6-2-3-15-16(18)4-1-5-17(15)20/h1-10,12,20H,11H2. The number of carbonyl (C=O) groups excluding carboxylic acids is 1. The molecular formula is C18H14O3. The van der Waals surface area contributed by atoms with Crippen molar-refractivity contribution in [1.82, 2.24) is 0 Å². The second-order valence-electron chi connectivity index (χ2n) is 4.75. The van der Waals surface area contributed by atoms with Crippen LogP contribution in [0.15, 0.2) is 60.7 Å². The number of rotatable bonds is 4. The number of ether oxygens (including phenoxy) is 1. The fourth-order valence-corrected chi connectivity index (χ4v) is 2.27. The van der Waals surface area contributed by atoms with Gasteiger partial charge in [0.1, 0.15) is 23.5 Å². The summed E-state index contributed by atoms with van der Waals surface area (Å²) in [6.45, 7) is 0. The predicted octanol–water partition coefficient (Wildman–Crippen LogP) is 4.08. The van der Waals surface area contributed by atoms with E-state index in [-0.39, 0.29) is 5.75 Å². The van der Waals surface area contributed by atoms with Crippen molar-refractivity contribution in [3.8, 4) is 17.2 Å². The van der Waals surface area contributed by atoms with Gasteiger partial charge in [-0.2, -0.15) is 0 Å². The molecule has 3 heteroatoms. The van der Waals surface area contributed by atoms with E-state index in [0.717, 1.165) is 22.6 Å². The van der Waals surface area contributed by atoms with Crippen LogP contribution in [0.5, 0.6) is 17.2 Å². The summed E-state index contributed by atoms with van der Waals surface area (Å²) < 4.78 is 5.88. The van der Waals surface area contributed by atoms with Crippen LogP contribution in [0.25, 0.3) is 10.8 Å². The van der Waals surface area contributed by atoms with Crippen LogP contribution in [0, 0.1) is 0 Å². The molecule has 0 heterocycles. The monoisotopic (exact) mass is 278 g/mol. The largest absolute Gasteiger partial charge is 0.507 e. The molecule has 0 fully saturated rings. The lowest BCUT2D eigenvalue weighted by molar-refractivity contribution is -0.107. The number of phenols is 1. The molecule has 0 unspecified atom stereocenters. The van der Waals surface area contributed by atoms with E-state index in [1.807, 2.05) is 48.5 Å². The number of benzene rings is 3. The van der Waals surface area contributed by atoms with Crippen LogP contribution in [-0.2, 0) is 11.2 Å². The number of aldehydes is 1. The summed E-state index contributed by atoms with van der Waals surface area (Å²) in [5, 5.41) is 11.5. The lowest BCUT2D eigenvalue weighted by Crippen LogP contribution is -1.88. The quantitative estimate of drug-likeness (QED) is 0.731. The molecule has 0 saturated heterocycles. The van der Waals surface area contributed by atoms with E-state index in [4.69, 9.17) is 4.74 Å². The van der Waals surface area contributed by atoms with Crippen molar-refractivity contribution in [2.45, 2.75) is 6.42 Å². The first kappa shape index (κ1) is 13.2. The van der Waals surface area contributed by atoms with E-state index in [2.05, 4.69) is 0 Å². The van der Waals surface area contributed by atoms with Gasteiger partial charge in [0.2, 0.25) is 0 Å². The van der Waals surface area contributed by atoms with Gasteiger partial charge < -0.3 is 14.6 Å². The first-order chi connectivity index (χ1) is 10.3. The van der Waals surface area contributed by atoms with Crippen LogP contribution in [0.2, 0.25) is 0 Å². The molecule has 104 valence electrons. The highest BCUT2D eigenvalue weighted by Crippen LogP contribution is 2.33. The molecule has 0 bridgehead atoms. The van der Waals surface area contributed by atoms with Crippen LogP contribution >= 0.6 is 0 Å². The second kappa shape index (κ2) is 5.67. The van der Waals surface area contributed by atoms with Crippen molar-refractivity contribution in [3.05, 3.63) is 66.2 Å². The normalized spacial score (nSPS) is 10.5. The van der Waals surface area contributed by atoms with Gasteiger partial charge >= 0.3 is 0 Å². The molecule has 3 nitrogen and oxygen atoms in total. The zero-order valence-electron chi connectivity index (χ0n) is 11.3. The number of phenolic OH excluding ortho intramolecular Hbond substituents is 1. The van der Waals surface area contributed by atoms with Gasteiger partial charge in [-0.15, -0.1) is 0 Å². The second-order valence-corrected chi connectivity index (χ2v) is 4.75. The number of hydrogen-bond donors (Lipinski definition) is 1. The molecule has 21 heavy (non-hydrogen) atoms. The Labute approximate surface area is 122 Å². The highest BCUT2D eigenvalue weighted by Gasteiger charge is 2.06. The van der Waals surface area contributed by atoms with Gasteiger partial charge in [0.05, 0.1) is 0 Å². The lowest BCUT2D eigenvalue weighted by atomic mass is 10.1. The Bertz CT molecular complexity index is 776. The van der Waals surface area contributed by atoms with Crippen molar-refractivity contribution >= 4 is 17.1 Å². The first-order valence-electron chi connectivity index (χ1n) is 6.69. The van der Waals surface area contributed by atoms with E-state index in [0.29, 0.717) is 17.9 Å². The molecule has 0 aromatic heterocycles. The molecule has 0 aliphatic rings. The smallest absolute Gasteiger partial charge is 0.135 e. The van der Waals surface area contributed by atoms with Crippen LogP contribution in [0.3, 0.4) is 0 Å². The zero-order chi connectivity index (χ0) is 14.7. The summed E-state index contributed by atoms with van der Waals surface area (Å²) in [6.07, 6.45) is 1.28. The Morgan fingerprint density at radius 3 is 2.38 bits per heavy atom. The molecule has 0 aliphatic heterocycles. The minimum atomic E-state index is 0.235. The van der Waals surface area contributed by atoms with Crippen molar-refractivity contribution in [3.63, 3.8) is 0 Å². The number of fused-ring (bicyclic) bond motifs is 1. The Hall–Kier alpha value is -2.81. The molecule has 0 amide bonds. The SMILES string of the molecule is O=CCc1ccc(Oc2cccc3c(O)cccc23)cc1. The summed E-state index contributed by atoms with van der Waals surface area (Å²) >= 11 is 0. The highest BCUT2D eigenvalue weighted by atomic mass is 16.5. The Morgan fingerprint density at radius 1 is 0.905 bits per heavy atom. The predicted molar refractivity (Wildman–Crippen MR) is 81.9 cm³/mol. The van der Waals surface area contributed by atoms with Crippen LogP contribution in [-0.4, -0.2) is 11.4 Å². The van der Waals surface area contributed by atoms with Gasteiger partial charge in [0, 0.05) is 17.2 Å². The summed E-state index contributed by atoms with van der Waals surface area (Å²) in [4.78, 5) is 10.5. The summed E-state index contributed by atoms with van der Waals surface area (Å²) in [5.41, 5.74) is 0.952. The maximum Gasteiger partial charge on any atom is 0.135 e. The molecule has 0 spiro atoms. The van der Waals surface area contributed by atoms with E-state index < -0.39 is 0 Å². The van der Waals surface area contributed by atoms with E-state index in [1.54, 1.807) is 12.1 Å². The number of carbonyl (C=O) groups is 1. The summed E-state index contributed by atoms with van der Waals surface area (Å²) in [7, 11) is 0. The Balaban J connectivity index is 1.94. The van der Waals surface area contributed by atoms with Crippen molar-refractivity contribution in [1.29, 1.82) is 0 Å². The lowest BCUT2D eigenvalue weighted by Gasteiger charge is -2.10. The number of hydrogen-bond acceptors (Lipinski definition) is 3. The van der Waals surface area contributed by atoms with Crippen molar-refractivity contribution in [2.24, 2.45) is 0 Å². The van der Waals surface area contributed by atoms with Gasteiger partial charge in [0.25, 0.3) is 0 Å². The van der Waals surface area contributed by atoms with E-state index in [9.17, 15) is 9.90 Å². The maximum atomic E-state index is 10.5. The maximum absolute atomic E-state index is 10.5. The fourth-order valence-electron chi connectivity index (χ4n) is 2.27. The first-order valence-corrected chi connectivity index (χ1v) is 6.69. The molecule has 3 aromatic rings. The molecule has 0 aliphatic carbocycles. The van der Waals surface area contributed by atoms with Crippen LogP contribution < -0.4 is 4.74 Å². The minimum Gasteiger partial charge on any atom is -0.507 e. The Kier molecular flexibility index (Phi) is 3.56. The third-order valence-corrected chi connectivity index (χ3v) is 3.33. The average Bonchev–Trinajstić information content (AvgIpc) is 2.51. The number of aromatic hydroxyl groups is 1. The molecule has 0 radical (unpaired) electrons. The fraction of sp³-hybridized carbons (Fsp3) is 0.0556. The molecule has 0 atom stereocenters. The van der Waals surface area contributed by atoms with Crippen molar-refractivity contribution < 1.29 is 14.6 Å². The average molecular weight is 278 g/mol. The zero-order valence-corrected chi connectivity index (χ0v) is 11.3. The third kappa shape index (κ3) is 2.72. The molecule has 0 saturated carbocycles. The topological polar surface area (TPSA) is 46.5 Å². The van der Waals surface area contributed by atoms with Gasteiger partial charge in [-0.3, -0.25) is 0 Å². The minimum absolute atomic E-state index is 0.235. The Morgan fingerprint density at radius 2 is 1.62 bits per heavy atom. The highest BCUT2D eigenvalue weighted by molar-refractivity contribution is 5.93. The molecule has 3 rings (SSSR count). The molecule has 1 N–H and O–H groups in total. The van der Waals surface area contributed by atoms with Gasteiger partial charge in [0.15, 0.2) is 0 Å². The van der Waals surface area contributed by atoms with Gasteiger partial charge in [-0.25, -0.2) is 0 Å². The molecule has 3 aromatic carbocycles. The van der Waals surface area contributed by atoms with E-state index in [1.165, 1.54) is 0 Å². The van der Waals surface area contributed by atoms with Crippen molar-refractivity contribution in [2.75, 3.05) is 0 Å².